The van der Waals surface area contributed by atoms with E-state index < -0.39 is 10.0 Å². The lowest BCUT2D eigenvalue weighted by Gasteiger charge is -2.33. The molecular formula is C26H30N8O3S. The maximum absolute atomic E-state index is 12.4. The molecule has 1 aromatic carbocycles. The number of nitrogens with zero attached hydrogens (tertiary/aromatic N) is 7. The second kappa shape index (κ2) is 9.21. The van der Waals surface area contributed by atoms with Crippen molar-refractivity contribution in [3.05, 3.63) is 53.9 Å². The zero-order valence-electron chi connectivity index (χ0n) is 21.8. The third kappa shape index (κ3) is 4.13. The van der Waals surface area contributed by atoms with Gasteiger partial charge in [-0.15, -0.1) is 5.10 Å². The van der Waals surface area contributed by atoms with Gasteiger partial charge in [0.25, 0.3) is 0 Å². The number of sulfonamides is 1. The normalized spacial score (nSPS) is 15.9. The van der Waals surface area contributed by atoms with Crippen molar-refractivity contribution in [2.75, 3.05) is 24.2 Å². The molecule has 1 unspecified atom stereocenters. The van der Waals surface area contributed by atoms with Gasteiger partial charge < -0.3 is 9.30 Å². The SMILES string of the molecule is Cc1nnn(C)c1-c1cnc2c3c(c(NS(C)(=O)=O)nn3C)n(C(c3ccccc3)C3CCOCC3)c2c1. The minimum atomic E-state index is -3.58. The molecule has 1 atom stereocenters. The molecule has 1 fully saturated rings. The first-order chi connectivity index (χ1) is 18.2. The van der Waals surface area contributed by atoms with Crippen molar-refractivity contribution in [1.82, 2.24) is 34.3 Å². The highest BCUT2D eigenvalue weighted by molar-refractivity contribution is 7.92. The topological polar surface area (TPSA) is 122 Å². The molecule has 6 rings (SSSR count). The third-order valence-corrected chi connectivity index (χ3v) is 7.86. The Morgan fingerprint density at radius 3 is 2.47 bits per heavy atom. The molecule has 0 bridgehead atoms. The molecule has 4 aromatic heterocycles. The van der Waals surface area contributed by atoms with Crippen LogP contribution >= 0.6 is 0 Å². The van der Waals surface area contributed by atoms with Gasteiger partial charge in [-0.05, 0) is 37.3 Å². The zero-order valence-corrected chi connectivity index (χ0v) is 22.6. The number of pyridine rings is 1. The van der Waals surface area contributed by atoms with Crippen LogP contribution in [0.3, 0.4) is 0 Å². The molecule has 0 radical (unpaired) electrons. The summed E-state index contributed by atoms with van der Waals surface area (Å²) in [6.07, 6.45) is 4.73. The first kappa shape index (κ1) is 24.6. The zero-order chi connectivity index (χ0) is 26.6. The minimum absolute atomic E-state index is 0.0905. The van der Waals surface area contributed by atoms with Gasteiger partial charge in [0.05, 0.1) is 29.2 Å². The first-order valence-corrected chi connectivity index (χ1v) is 14.5. The predicted octanol–water partition coefficient (Wildman–Crippen LogP) is 3.41. The van der Waals surface area contributed by atoms with Gasteiger partial charge in [-0.1, -0.05) is 35.5 Å². The summed E-state index contributed by atoms with van der Waals surface area (Å²) in [6, 6.07) is 12.4. The lowest BCUT2D eigenvalue weighted by atomic mass is 9.86. The van der Waals surface area contributed by atoms with E-state index in [2.05, 4.69) is 42.9 Å². The number of rotatable bonds is 6. The number of aryl methyl sites for hydroxylation is 3. The molecule has 1 aliphatic heterocycles. The third-order valence-electron chi connectivity index (χ3n) is 7.30. The Labute approximate surface area is 220 Å². The molecule has 1 N–H and O–H groups in total. The Morgan fingerprint density at radius 2 is 1.82 bits per heavy atom. The van der Waals surface area contributed by atoms with E-state index in [1.54, 1.807) is 9.36 Å². The lowest BCUT2D eigenvalue weighted by molar-refractivity contribution is 0.0553. The number of fused-ring (bicyclic) bond motifs is 3. The maximum Gasteiger partial charge on any atom is 0.231 e. The maximum atomic E-state index is 12.4. The van der Waals surface area contributed by atoms with Crippen molar-refractivity contribution in [3.8, 4) is 11.3 Å². The van der Waals surface area contributed by atoms with E-state index in [0.717, 1.165) is 58.2 Å². The number of nitrogens with one attached hydrogen (secondary N) is 1. The van der Waals surface area contributed by atoms with Crippen molar-refractivity contribution >= 4 is 37.9 Å². The standard InChI is InChI=1S/C26H30N8O3S/c1-16-22(33(3)31-28-16)19-14-20-21(27-15-19)24-25(26(29-32(24)2)30-38(4,35)36)34(20)23(17-8-6-5-7-9-17)18-10-12-37-13-11-18/h5-9,14-15,18,23H,10-13H2,1-4H3,(H,29,30). The molecule has 38 heavy (non-hydrogen) atoms. The number of aromatic nitrogens is 7. The van der Waals surface area contributed by atoms with Gasteiger partial charge in [0.1, 0.15) is 16.6 Å². The number of anilines is 1. The molecular weight excluding hydrogens is 504 g/mol. The summed E-state index contributed by atoms with van der Waals surface area (Å²) in [5.41, 5.74) is 6.83. The van der Waals surface area contributed by atoms with Crippen LogP contribution in [-0.2, 0) is 28.9 Å². The van der Waals surface area contributed by atoms with E-state index >= 15 is 0 Å². The van der Waals surface area contributed by atoms with Crippen LogP contribution < -0.4 is 4.72 Å². The Hall–Kier alpha value is -3.77. The highest BCUT2D eigenvalue weighted by Gasteiger charge is 2.33. The number of hydrogen-bond acceptors (Lipinski definition) is 7. The molecule has 0 aliphatic carbocycles. The molecule has 11 nitrogen and oxygen atoms in total. The largest absolute Gasteiger partial charge is 0.381 e. The highest BCUT2D eigenvalue weighted by Crippen LogP contribution is 2.43. The molecule has 1 saturated heterocycles. The second-order valence-electron chi connectivity index (χ2n) is 9.96. The van der Waals surface area contributed by atoms with E-state index in [0.29, 0.717) is 18.7 Å². The van der Waals surface area contributed by atoms with Gasteiger partial charge in [0.2, 0.25) is 10.0 Å². The molecule has 1 aliphatic rings. The van der Waals surface area contributed by atoms with Gasteiger partial charge >= 0.3 is 0 Å². The monoisotopic (exact) mass is 534 g/mol. The van der Waals surface area contributed by atoms with Crippen LogP contribution in [0.15, 0.2) is 42.6 Å². The average molecular weight is 535 g/mol. The van der Waals surface area contributed by atoms with Crippen LogP contribution in [0, 0.1) is 12.8 Å². The molecule has 0 spiro atoms. The van der Waals surface area contributed by atoms with E-state index in [1.165, 1.54) is 0 Å². The van der Waals surface area contributed by atoms with Crippen molar-refractivity contribution in [2.45, 2.75) is 25.8 Å². The fourth-order valence-corrected chi connectivity index (χ4v) is 6.27. The Bertz CT molecular complexity index is 1730. The summed E-state index contributed by atoms with van der Waals surface area (Å²) >= 11 is 0. The summed E-state index contributed by atoms with van der Waals surface area (Å²) < 4.78 is 38.8. The van der Waals surface area contributed by atoms with Crippen LogP contribution in [0.5, 0.6) is 0 Å². The van der Waals surface area contributed by atoms with Crippen molar-refractivity contribution < 1.29 is 13.2 Å². The Morgan fingerprint density at radius 1 is 1.08 bits per heavy atom. The fourth-order valence-electron chi connectivity index (χ4n) is 5.78. The van der Waals surface area contributed by atoms with Gasteiger partial charge in [0, 0.05) is 39.1 Å². The molecule has 5 aromatic rings. The van der Waals surface area contributed by atoms with E-state index in [4.69, 9.17) is 9.72 Å². The van der Waals surface area contributed by atoms with Gasteiger partial charge in [-0.2, -0.15) is 5.10 Å². The Kier molecular flexibility index (Phi) is 5.95. The summed E-state index contributed by atoms with van der Waals surface area (Å²) in [4.78, 5) is 4.91. The molecule has 0 amide bonds. The number of benzene rings is 1. The van der Waals surface area contributed by atoms with Crippen molar-refractivity contribution in [2.24, 2.45) is 20.0 Å². The van der Waals surface area contributed by atoms with Gasteiger partial charge in [-0.25, -0.2) is 13.1 Å². The van der Waals surface area contributed by atoms with Crippen LogP contribution in [0.25, 0.3) is 33.3 Å². The number of ether oxygens (including phenoxy) is 1. The first-order valence-electron chi connectivity index (χ1n) is 12.6. The Balaban J connectivity index is 1.72. The van der Waals surface area contributed by atoms with Crippen LogP contribution in [0.1, 0.15) is 30.1 Å². The van der Waals surface area contributed by atoms with E-state index in [9.17, 15) is 8.42 Å². The lowest BCUT2D eigenvalue weighted by Crippen LogP contribution is -2.27. The molecule has 12 heteroatoms. The molecule has 5 heterocycles. The molecule has 0 saturated carbocycles. The summed E-state index contributed by atoms with van der Waals surface area (Å²) in [5.74, 6) is 0.552. The highest BCUT2D eigenvalue weighted by atomic mass is 32.2. The molecule has 198 valence electrons. The van der Waals surface area contributed by atoms with Gasteiger partial charge in [-0.3, -0.25) is 14.4 Å². The summed E-state index contributed by atoms with van der Waals surface area (Å²) in [7, 11) is 0.0998. The van der Waals surface area contributed by atoms with E-state index in [-0.39, 0.29) is 17.8 Å². The smallest absolute Gasteiger partial charge is 0.231 e. The quantitative estimate of drug-likeness (QED) is 0.354. The van der Waals surface area contributed by atoms with Gasteiger partial charge in [0.15, 0.2) is 5.82 Å². The van der Waals surface area contributed by atoms with Crippen molar-refractivity contribution in [3.63, 3.8) is 0 Å². The summed E-state index contributed by atoms with van der Waals surface area (Å²) in [6.45, 7) is 3.29. The van der Waals surface area contributed by atoms with Crippen LogP contribution in [-0.4, -0.2) is 62.2 Å². The average Bonchev–Trinajstić information content (AvgIpc) is 3.51. The summed E-state index contributed by atoms with van der Waals surface area (Å²) in [5, 5.41) is 13.0. The predicted molar refractivity (Wildman–Crippen MR) is 145 cm³/mol. The van der Waals surface area contributed by atoms with Crippen LogP contribution in [0.4, 0.5) is 5.82 Å². The second-order valence-corrected chi connectivity index (χ2v) is 11.7. The van der Waals surface area contributed by atoms with E-state index in [1.807, 2.05) is 45.4 Å². The fraction of sp³-hybridized carbons (Fsp3) is 0.385. The van der Waals surface area contributed by atoms with Crippen molar-refractivity contribution in [1.29, 1.82) is 0 Å². The van der Waals surface area contributed by atoms with Crippen LogP contribution in [0.2, 0.25) is 0 Å². The minimum Gasteiger partial charge on any atom is -0.381 e. The number of hydrogen-bond donors (Lipinski definition) is 1.